The summed E-state index contributed by atoms with van der Waals surface area (Å²) in [5, 5.41) is 15.8. The van der Waals surface area contributed by atoms with Gasteiger partial charge in [-0.05, 0) is 55.2 Å². The minimum Gasteiger partial charge on any atom is -0.342 e. The van der Waals surface area contributed by atoms with Gasteiger partial charge in [0.15, 0.2) is 11.0 Å². The van der Waals surface area contributed by atoms with Crippen LogP contribution in [0, 0.1) is 19.8 Å². The minimum atomic E-state index is -0.408. The number of amides is 2. The van der Waals surface area contributed by atoms with Gasteiger partial charge in [-0.3, -0.25) is 9.59 Å². The highest BCUT2D eigenvalue weighted by Crippen LogP contribution is 2.26. The Balaban J connectivity index is 1.69. The van der Waals surface area contributed by atoms with Crippen LogP contribution >= 0.6 is 35.0 Å². The number of halogens is 2. The third-order valence-electron chi connectivity index (χ3n) is 5.28. The Morgan fingerprint density at radius 3 is 2.50 bits per heavy atom. The number of carbonyl (C=O) groups excluding carboxylic acids is 2. The average Bonchev–Trinajstić information content (AvgIpc) is 3.12. The summed E-state index contributed by atoms with van der Waals surface area (Å²) in [6.07, 6.45) is 0. The normalized spacial score (nSPS) is 12.0. The third-order valence-corrected chi connectivity index (χ3v) is 6.84. The molecule has 2 N–H and O–H groups in total. The summed E-state index contributed by atoms with van der Waals surface area (Å²) in [6, 6.07) is 10.3. The molecule has 0 aliphatic heterocycles. The molecule has 3 rings (SSSR count). The summed E-state index contributed by atoms with van der Waals surface area (Å²) >= 11 is 13.4. The van der Waals surface area contributed by atoms with Crippen molar-refractivity contribution in [1.29, 1.82) is 0 Å². The first kappa shape index (κ1) is 26.1. The van der Waals surface area contributed by atoms with Gasteiger partial charge in [0, 0.05) is 17.8 Å². The Kier molecular flexibility index (Phi) is 8.62. The van der Waals surface area contributed by atoms with Gasteiger partial charge in [-0.15, -0.1) is 10.2 Å². The van der Waals surface area contributed by atoms with Crippen molar-refractivity contribution >= 4 is 52.5 Å². The predicted molar refractivity (Wildman–Crippen MR) is 138 cm³/mol. The summed E-state index contributed by atoms with van der Waals surface area (Å²) in [5.41, 5.74) is 3.21. The highest BCUT2D eigenvalue weighted by Gasteiger charge is 2.26. The SMILES string of the molecule is Cc1ccc(C)c(NC(=O)CSc2nnc([C@H](NC(=O)c3ccc(Cl)cc3Cl)C(C)C)n2C)c1. The van der Waals surface area contributed by atoms with Crippen molar-refractivity contribution in [3.05, 3.63) is 69.0 Å². The molecule has 0 aliphatic carbocycles. The van der Waals surface area contributed by atoms with E-state index in [2.05, 4.69) is 20.8 Å². The molecular formula is C24H27Cl2N5O2S. The molecule has 34 heavy (non-hydrogen) atoms. The average molecular weight is 520 g/mol. The summed E-state index contributed by atoms with van der Waals surface area (Å²) in [6.45, 7) is 7.89. The van der Waals surface area contributed by atoms with Crippen molar-refractivity contribution in [2.75, 3.05) is 11.1 Å². The monoisotopic (exact) mass is 519 g/mol. The number of benzene rings is 2. The van der Waals surface area contributed by atoms with Gasteiger partial charge in [0.1, 0.15) is 0 Å². The lowest BCUT2D eigenvalue weighted by atomic mass is 10.0. The summed E-state index contributed by atoms with van der Waals surface area (Å²) in [7, 11) is 1.82. The number of rotatable bonds is 8. The smallest absolute Gasteiger partial charge is 0.253 e. The van der Waals surface area contributed by atoms with Crippen molar-refractivity contribution in [2.24, 2.45) is 13.0 Å². The van der Waals surface area contributed by atoms with E-state index in [4.69, 9.17) is 23.2 Å². The number of nitrogens with zero attached hydrogens (tertiary/aromatic N) is 3. The second-order valence-electron chi connectivity index (χ2n) is 8.37. The van der Waals surface area contributed by atoms with E-state index in [0.717, 1.165) is 16.8 Å². The predicted octanol–water partition coefficient (Wildman–Crippen LogP) is 5.60. The zero-order valence-corrected chi connectivity index (χ0v) is 22.0. The molecular weight excluding hydrogens is 493 g/mol. The van der Waals surface area contributed by atoms with E-state index in [1.807, 2.05) is 52.9 Å². The van der Waals surface area contributed by atoms with Gasteiger partial charge in [0.25, 0.3) is 5.91 Å². The minimum absolute atomic E-state index is 0.0309. The van der Waals surface area contributed by atoms with E-state index >= 15 is 0 Å². The Labute approximate surface area is 213 Å². The van der Waals surface area contributed by atoms with Crippen molar-refractivity contribution in [2.45, 2.75) is 38.9 Å². The lowest BCUT2D eigenvalue weighted by molar-refractivity contribution is -0.113. The molecule has 0 saturated carbocycles. The second kappa shape index (κ2) is 11.3. The van der Waals surface area contributed by atoms with Crippen LogP contribution in [-0.2, 0) is 11.8 Å². The van der Waals surface area contributed by atoms with E-state index in [-0.39, 0.29) is 28.5 Å². The van der Waals surface area contributed by atoms with Crippen molar-refractivity contribution in [3.8, 4) is 0 Å². The molecule has 0 fully saturated rings. The first-order valence-electron chi connectivity index (χ1n) is 10.7. The van der Waals surface area contributed by atoms with Crippen LogP contribution in [-0.4, -0.2) is 32.3 Å². The first-order chi connectivity index (χ1) is 16.1. The summed E-state index contributed by atoms with van der Waals surface area (Å²) < 4.78 is 1.80. The third kappa shape index (κ3) is 6.31. The van der Waals surface area contributed by atoms with Crippen LogP contribution in [0.5, 0.6) is 0 Å². The van der Waals surface area contributed by atoms with Crippen molar-refractivity contribution in [1.82, 2.24) is 20.1 Å². The molecule has 1 heterocycles. The molecule has 0 unspecified atom stereocenters. The molecule has 0 saturated heterocycles. The topological polar surface area (TPSA) is 88.9 Å². The highest BCUT2D eigenvalue weighted by molar-refractivity contribution is 7.99. The van der Waals surface area contributed by atoms with E-state index in [0.29, 0.717) is 21.6 Å². The maximum absolute atomic E-state index is 12.9. The number of hydrogen-bond acceptors (Lipinski definition) is 5. The van der Waals surface area contributed by atoms with Crippen LogP contribution in [0.1, 0.15) is 47.2 Å². The number of nitrogens with one attached hydrogen (secondary N) is 2. The Morgan fingerprint density at radius 1 is 1.09 bits per heavy atom. The summed E-state index contributed by atoms with van der Waals surface area (Å²) in [5.74, 6) is 0.340. The van der Waals surface area contributed by atoms with Crippen LogP contribution in [0.3, 0.4) is 0 Å². The van der Waals surface area contributed by atoms with E-state index in [9.17, 15) is 9.59 Å². The first-order valence-corrected chi connectivity index (χ1v) is 12.5. The fraction of sp³-hybridized carbons (Fsp3) is 0.333. The van der Waals surface area contributed by atoms with Gasteiger partial charge in [-0.1, -0.05) is 60.9 Å². The number of thioether (sulfide) groups is 1. The van der Waals surface area contributed by atoms with Gasteiger partial charge >= 0.3 is 0 Å². The molecule has 0 aliphatic rings. The molecule has 7 nitrogen and oxygen atoms in total. The highest BCUT2D eigenvalue weighted by atomic mass is 35.5. The van der Waals surface area contributed by atoms with Crippen LogP contribution in [0.2, 0.25) is 10.0 Å². The number of hydrogen-bond donors (Lipinski definition) is 2. The van der Waals surface area contributed by atoms with Crippen LogP contribution < -0.4 is 10.6 Å². The zero-order chi connectivity index (χ0) is 25.0. The lowest BCUT2D eigenvalue weighted by Crippen LogP contribution is -2.33. The maximum Gasteiger partial charge on any atom is 0.253 e. The number of aryl methyl sites for hydroxylation is 2. The molecule has 10 heteroatoms. The van der Waals surface area contributed by atoms with Gasteiger partial charge in [0.05, 0.1) is 22.4 Å². The van der Waals surface area contributed by atoms with E-state index < -0.39 is 6.04 Å². The molecule has 3 aromatic rings. The van der Waals surface area contributed by atoms with Crippen molar-refractivity contribution in [3.63, 3.8) is 0 Å². The van der Waals surface area contributed by atoms with E-state index in [1.54, 1.807) is 16.7 Å². The van der Waals surface area contributed by atoms with E-state index in [1.165, 1.54) is 17.8 Å². The van der Waals surface area contributed by atoms with Crippen molar-refractivity contribution < 1.29 is 9.59 Å². The molecule has 0 radical (unpaired) electrons. The molecule has 180 valence electrons. The van der Waals surface area contributed by atoms with Gasteiger partial charge in [0.2, 0.25) is 5.91 Å². The molecule has 1 aromatic heterocycles. The largest absolute Gasteiger partial charge is 0.342 e. The number of carbonyl (C=O) groups is 2. The van der Waals surface area contributed by atoms with Crippen LogP contribution in [0.15, 0.2) is 41.6 Å². The molecule has 2 aromatic carbocycles. The van der Waals surface area contributed by atoms with Crippen LogP contribution in [0.25, 0.3) is 0 Å². The van der Waals surface area contributed by atoms with Crippen LogP contribution in [0.4, 0.5) is 5.69 Å². The Hall–Kier alpha value is -2.55. The molecule has 0 spiro atoms. The molecule has 0 bridgehead atoms. The fourth-order valence-electron chi connectivity index (χ4n) is 3.33. The zero-order valence-electron chi connectivity index (χ0n) is 19.6. The fourth-order valence-corrected chi connectivity index (χ4v) is 4.54. The summed E-state index contributed by atoms with van der Waals surface area (Å²) in [4.78, 5) is 25.4. The van der Waals surface area contributed by atoms with Gasteiger partial charge < -0.3 is 15.2 Å². The molecule has 1 atom stereocenters. The number of anilines is 1. The maximum atomic E-state index is 12.9. The number of aromatic nitrogens is 3. The lowest BCUT2D eigenvalue weighted by Gasteiger charge is -2.22. The van der Waals surface area contributed by atoms with Gasteiger partial charge in [-0.2, -0.15) is 0 Å². The Morgan fingerprint density at radius 2 is 1.82 bits per heavy atom. The van der Waals surface area contributed by atoms with Gasteiger partial charge in [-0.25, -0.2) is 0 Å². The molecule has 2 amide bonds. The second-order valence-corrected chi connectivity index (χ2v) is 10.2. The Bertz CT molecular complexity index is 1210. The standard InChI is InChI=1S/C24H27Cl2N5O2S/c1-13(2)21(28-23(33)17-9-8-16(25)11-18(17)26)22-29-30-24(31(22)5)34-12-20(32)27-19-10-14(3)6-7-15(19)4/h6-11,13,21H,12H2,1-5H3,(H,27,32)(H,28,33)/t21-/m1/s1. The quantitative estimate of drug-likeness (QED) is 0.378.